The van der Waals surface area contributed by atoms with E-state index >= 15 is 0 Å². The third kappa shape index (κ3) is 5.79. The molecule has 0 unspecified atom stereocenters. The van der Waals surface area contributed by atoms with E-state index in [0.717, 1.165) is 25.2 Å². The zero-order chi connectivity index (χ0) is 15.0. The first-order chi connectivity index (χ1) is 9.46. The fourth-order valence-corrected chi connectivity index (χ4v) is 3.08. The van der Waals surface area contributed by atoms with Crippen LogP contribution in [0.4, 0.5) is 11.4 Å². The van der Waals surface area contributed by atoms with E-state index in [4.69, 9.17) is 0 Å². The van der Waals surface area contributed by atoms with Crippen molar-refractivity contribution >= 4 is 21.4 Å². The minimum Gasteiger partial charge on any atom is -0.376 e. The van der Waals surface area contributed by atoms with Gasteiger partial charge in [0.1, 0.15) is 0 Å². The summed E-state index contributed by atoms with van der Waals surface area (Å²) in [6.45, 7) is 3.82. The van der Waals surface area contributed by atoms with Crippen LogP contribution in [-0.2, 0) is 10.0 Å². The highest BCUT2D eigenvalue weighted by molar-refractivity contribution is 7.92. The van der Waals surface area contributed by atoms with Crippen molar-refractivity contribution in [2.75, 3.05) is 42.6 Å². The molecule has 0 aliphatic carbocycles. The minimum atomic E-state index is -3.28. The number of anilines is 2. The monoisotopic (exact) mass is 299 g/mol. The third-order valence-corrected chi connectivity index (χ3v) is 4.27. The van der Waals surface area contributed by atoms with Gasteiger partial charge in [0.15, 0.2) is 0 Å². The summed E-state index contributed by atoms with van der Waals surface area (Å²) < 4.78 is 26.8. The van der Waals surface area contributed by atoms with Gasteiger partial charge in [-0.25, -0.2) is 8.42 Å². The molecule has 20 heavy (non-hydrogen) atoms. The van der Waals surface area contributed by atoms with Gasteiger partial charge in [0.05, 0.1) is 17.1 Å². The van der Waals surface area contributed by atoms with Gasteiger partial charge in [-0.05, 0) is 38.1 Å². The summed E-state index contributed by atoms with van der Waals surface area (Å²) in [6, 6.07) is 7.40. The highest BCUT2D eigenvalue weighted by Crippen LogP contribution is 2.24. The zero-order valence-electron chi connectivity index (χ0n) is 12.5. The summed E-state index contributed by atoms with van der Waals surface area (Å²) in [7, 11) is 0.503. The van der Waals surface area contributed by atoms with Crippen molar-refractivity contribution in [1.82, 2.24) is 5.32 Å². The molecule has 0 aromatic heterocycles. The van der Waals surface area contributed by atoms with Crippen molar-refractivity contribution in [3.8, 4) is 0 Å². The van der Waals surface area contributed by atoms with Gasteiger partial charge in [-0.1, -0.05) is 19.1 Å². The fourth-order valence-electron chi connectivity index (χ4n) is 1.89. The van der Waals surface area contributed by atoms with Gasteiger partial charge in [0, 0.05) is 14.1 Å². The molecular weight excluding hydrogens is 274 g/mol. The summed E-state index contributed by atoms with van der Waals surface area (Å²) in [5.74, 6) is 0.153. The summed E-state index contributed by atoms with van der Waals surface area (Å²) >= 11 is 0. The number of hydrogen-bond acceptors (Lipinski definition) is 4. The van der Waals surface area contributed by atoms with Crippen molar-refractivity contribution in [2.45, 2.75) is 19.8 Å². The van der Waals surface area contributed by atoms with Gasteiger partial charge in [-0.15, -0.1) is 0 Å². The molecule has 0 saturated heterocycles. The molecule has 0 amide bonds. The van der Waals surface area contributed by atoms with Crippen LogP contribution in [0.5, 0.6) is 0 Å². The van der Waals surface area contributed by atoms with Crippen LogP contribution in [0.1, 0.15) is 19.8 Å². The standard InChI is InChI=1S/C14H25N3O2S/c1-4-15-11-7-8-12-20(18,19)16-13-9-5-6-10-14(13)17(2)3/h5-6,9-10,15-16H,4,7-8,11-12H2,1-3H3. The molecule has 5 nitrogen and oxygen atoms in total. The molecule has 0 spiro atoms. The summed E-state index contributed by atoms with van der Waals surface area (Å²) in [4.78, 5) is 1.89. The molecule has 6 heteroatoms. The first-order valence-electron chi connectivity index (χ1n) is 6.94. The normalized spacial score (nSPS) is 11.3. The van der Waals surface area contributed by atoms with Crippen molar-refractivity contribution in [2.24, 2.45) is 0 Å². The van der Waals surface area contributed by atoms with Crippen LogP contribution in [0.25, 0.3) is 0 Å². The lowest BCUT2D eigenvalue weighted by atomic mass is 10.2. The molecule has 0 heterocycles. The number of nitrogens with one attached hydrogen (secondary N) is 2. The van der Waals surface area contributed by atoms with E-state index in [2.05, 4.69) is 10.0 Å². The van der Waals surface area contributed by atoms with Gasteiger partial charge < -0.3 is 10.2 Å². The van der Waals surface area contributed by atoms with Gasteiger partial charge in [-0.2, -0.15) is 0 Å². The Bertz CT molecular complexity index is 501. The number of para-hydroxylation sites is 2. The quantitative estimate of drug-likeness (QED) is 0.684. The maximum atomic E-state index is 12.1. The molecule has 114 valence electrons. The first-order valence-corrected chi connectivity index (χ1v) is 8.59. The highest BCUT2D eigenvalue weighted by atomic mass is 32.2. The fraction of sp³-hybridized carbons (Fsp3) is 0.571. The zero-order valence-corrected chi connectivity index (χ0v) is 13.3. The van der Waals surface area contributed by atoms with E-state index in [1.807, 2.05) is 44.1 Å². The average Bonchev–Trinajstić information content (AvgIpc) is 2.38. The number of unbranched alkanes of at least 4 members (excludes halogenated alkanes) is 1. The number of benzene rings is 1. The van der Waals surface area contributed by atoms with Crippen LogP contribution in [0, 0.1) is 0 Å². The van der Waals surface area contributed by atoms with Crippen LogP contribution in [0.2, 0.25) is 0 Å². The van der Waals surface area contributed by atoms with E-state index in [1.165, 1.54) is 0 Å². The molecule has 0 aliphatic heterocycles. The number of nitrogens with zero attached hydrogens (tertiary/aromatic N) is 1. The van der Waals surface area contributed by atoms with Gasteiger partial charge in [-0.3, -0.25) is 4.72 Å². The number of hydrogen-bond donors (Lipinski definition) is 2. The Labute approximate surface area is 122 Å². The largest absolute Gasteiger partial charge is 0.376 e. The summed E-state index contributed by atoms with van der Waals surface area (Å²) in [6.07, 6.45) is 1.52. The molecule has 2 N–H and O–H groups in total. The second-order valence-corrected chi connectivity index (χ2v) is 6.74. The molecule has 0 fully saturated rings. The lowest BCUT2D eigenvalue weighted by molar-refractivity contribution is 0.593. The smallest absolute Gasteiger partial charge is 0.232 e. The molecule has 1 aromatic carbocycles. The Morgan fingerprint density at radius 1 is 1.15 bits per heavy atom. The molecule has 0 atom stereocenters. The first kappa shape index (κ1) is 16.8. The van der Waals surface area contributed by atoms with Crippen LogP contribution in [0.15, 0.2) is 24.3 Å². The van der Waals surface area contributed by atoms with Crippen molar-refractivity contribution in [3.05, 3.63) is 24.3 Å². The lowest BCUT2D eigenvalue weighted by Gasteiger charge is -2.18. The molecule has 0 bridgehead atoms. The summed E-state index contributed by atoms with van der Waals surface area (Å²) in [5, 5.41) is 3.19. The van der Waals surface area contributed by atoms with E-state index in [0.29, 0.717) is 12.1 Å². The maximum Gasteiger partial charge on any atom is 0.232 e. The number of rotatable bonds is 9. The predicted octanol–water partition coefficient (Wildman–Crippen LogP) is 1.88. The minimum absolute atomic E-state index is 0.153. The van der Waals surface area contributed by atoms with Crippen molar-refractivity contribution in [1.29, 1.82) is 0 Å². The van der Waals surface area contributed by atoms with E-state index in [-0.39, 0.29) is 5.75 Å². The highest BCUT2D eigenvalue weighted by Gasteiger charge is 2.13. The molecule has 0 radical (unpaired) electrons. The van der Waals surface area contributed by atoms with Gasteiger partial charge in [0.2, 0.25) is 10.0 Å². The SMILES string of the molecule is CCNCCCCS(=O)(=O)Nc1ccccc1N(C)C. The van der Waals surface area contributed by atoms with Crippen LogP contribution in [0.3, 0.4) is 0 Å². The molecule has 0 saturated carbocycles. The molecule has 1 rings (SSSR count). The Kier molecular flexibility index (Phi) is 6.81. The molecular formula is C14H25N3O2S. The Morgan fingerprint density at radius 3 is 2.50 bits per heavy atom. The lowest BCUT2D eigenvalue weighted by Crippen LogP contribution is -2.21. The van der Waals surface area contributed by atoms with Crippen molar-refractivity contribution in [3.63, 3.8) is 0 Å². The van der Waals surface area contributed by atoms with E-state index in [1.54, 1.807) is 6.07 Å². The van der Waals surface area contributed by atoms with Crippen LogP contribution in [-0.4, -0.2) is 41.4 Å². The van der Waals surface area contributed by atoms with E-state index < -0.39 is 10.0 Å². The van der Waals surface area contributed by atoms with Crippen molar-refractivity contribution < 1.29 is 8.42 Å². The molecule has 1 aromatic rings. The van der Waals surface area contributed by atoms with Crippen LogP contribution >= 0.6 is 0 Å². The van der Waals surface area contributed by atoms with Gasteiger partial charge in [0.25, 0.3) is 0 Å². The second-order valence-electron chi connectivity index (χ2n) is 4.89. The Balaban J connectivity index is 2.58. The van der Waals surface area contributed by atoms with Crippen LogP contribution < -0.4 is 14.9 Å². The maximum absolute atomic E-state index is 12.1. The topological polar surface area (TPSA) is 61.4 Å². The third-order valence-electron chi connectivity index (χ3n) is 2.92. The molecule has 0 aliphatic rings. The second kappa shape index (κ2) is 8.11. The average molecular weight is 299 g/mol. The Hall–Kier alpha value is -1.27. The number of sulfonamides is 1. The Morgan fingerprint density at radius 2 is 1.85 bits per heavy atom. The van der Waals surface area contributed by atoms with E-state index in [9.17, 15) is 8.42 Å². The van der Waals surface area contributed by atoms with Gasteiger partial charge >= 0.3 is 0 Å². The predicted molar refractivity (Wildman–Crippen MR) is 86.0 cm³/mol. The summed E-state index contributed by atoms with van der Waals surface area (Å²) in [5.41, 5.74) is 1.49.